The highest BCUT2D eigenvalue weighted by Crippen LogP contribution is 2.29. The number of esters is 2. The van der Waals surface area contributed by atoms with Crippen molar-refractivity contribution in [2.45, 2.75) is 32.9 Å². The molecule has 37 heavy (non-hydrogen) atoms. The summed E-state index contributed by atoms with van der Waals surface area (Å²) < 4.78 is 21.2. The summed E-state index contributed by atoms with van der Waals surface area (Å²) >= 11 is 0. The van der Waals surface area contributed by atoms with Gasteiger partial charge in [-0.3, -0.25) is 9.59 Å². The number of nitrogens with one attached hydrogen (secondary N) is 1. The monoisotopic (exact) mass is 509 g/mol. The average Bonchev–Trinajstić information content (AvgIpc) is 3.39. The zero-order valence-corrected chi connectivity index (χ0v) is 20.4. The van der Waals surface area contributed by atoms with Gasteiger partial charge in [-0.1, -0.05) is 36.4 Å². The van der Waals surface area contributed by atoms with Gasteiger partial charge in [0.15, 0.2) is 0 Å². The predicted octanol–water partition coefficient (Wildman–Crippen LogP) is 3.84. The van der Waals surface area contributed by atoms with Crippen LogP contribution in [0.3, 0.4) is 0 Å². The van der Waals surface area contributed by atoms with Crippen molar-refractivity contribution in [2.75, 3.05) is 13.2 Å². The van der Waals surface area contributed by atoms with E-state index < -0.39 is 36.3 Å². The van der Waals surface area contributed by atoms with Gasteiger partial charge in [-0.25, -0.2) is 9.59 Å². The molecular formula is C27H27NO9. The van der Waals surface area contributed by atoms with Crippen molar-refractivity contribution in [1.82, 2.24) is 5.32 Å². The Hall–Kier alpha value is -4.60. The fourth-order valence-electron chi connectivity index (χ4n) is 3.38. The van der Waals surface area contributed by atoms with Crippen molar-refractivity contribution >= 4 is 23.8 Å². The molecule has 1 atom stereocenters. The molecule has 0 spiro atoms. The minimum absolute atomic E-state index is 0.0233. The molecule has 2 aromatic carbocycles. The topological polar surface area (TPSA) is 141 Å². The Labute approximate surface area is 213 Å². The molecule has 0 saturated heterocycles. The second-order valence-electron chi connectivity index (χ2n) is 7.74. The molecule has 1 heterocycles. The van der Waals surface area contributed by atoms with E-state index in [2.05, 4.69) is 5.32 Å². The van der Waals surface area contributed by atoms with Gasteiger partial charge in [-0.15, -0.1) is 0 Å². The Morgan fingerprint density at radius 2 is 1.70 bits per heavy atom. The summed E-state index contributed by atoms with van der Waals surface area (Å²) in [5.74, 6) is -3.12. The predicted molar refractivity (Wildman–Crippen MR) is 131 cm³/mol. The van der Waals surface area contributed by atoms with Gasteiger partial charge in [0, 0.05) is 5.56 Å². The van der Waals surface area contributed by atoms with Crippen molar-refractivity contribution in [2.24, 2.45) is 0 Å². The van der Waals surface area contributed by atoms with Crippen molar-refractivity contribution < 1.29 is 42.9 Å². The van der Waals surface area contributed by atoms with Crippen LogP contribution in [0.4, 0.5) is 0 Å². The minimum Gasteiger partial charge on any atom is -0.493 e. The standard InChI is InChI=1S/C27H27NO9/c1-3-34-23-14-18(21-12-13-22(37-21)26(31)32)10-11-19(23)25(30)28-20(27(33)35-4-2)15-24(29)36-16-17-8-6-5-7-9-17/h5-14,20H,3-4,15-16H2,1-2H3,(H,28,30)(H,31,32)/t20-/m0/s1. The summed E-state index contributed by atoms with van der Waals surface area (Å²) in [4.78, 5) is 49.1. The van der Waals surface area contributed by atoms with Crippen LogP contribution in [0.25, 0.3) is 11.3 Å². The maximum Gasteiger partial charge on any atom is 0.371 e. The Balaban J connectivity index is 1.76. The third-order valence-corrected chi connectivity index (χ3v) is 5.12. The summed E-state index contributed by atoms with van der Waals surface area (Å²) in [6.07, 6.45) is -0.427. The summed E-state index contributed by atoms with van der Waals surface area (Å²) in [5, 5.41) is 11.6. The molecule has 1 amide bonds. The third kappa shape index (κ3) is 7.44. The molecule has 0 aliphatic rings. The van der Waals surface area contributed by atoms with Gasteiger partial charge in [0.05, 0.1) is 25.2 Å². The summed E-state index contributed by atoms with van der Waals surface area (Å²) in [6, 6.07) is 15.1. The van der Waals surface area contributed by atoms with E-state index in [1.807, 2.05) is 18.2 Å². The van der Waals surface area contributed by atoms with Crippen LogP contribution in [0, 0.1) is 0 Å². The molecule has 3 aromatic rings. The normalized spacial score (nSPS) is 11.3. The van der Waals surface area contributed by atoms with E-state index in [0.717, 1.165) is 5.56 Å². The first kappa shape index (κ1) is 27.0. The van der Waals surface area contributed by atoms with Crippen molar-refractivity contribution in [1.29, 1.82) is 0 Å². The SMILES string of the molecule is CCOC(=O)[C@H](CC(=O)OCc1ccccc1)NC(=O)c1ccc(-c2ccc(C(=O)O)o2)cc1OCC. The van der Waals surface area contributed by atoms with Gasteiger partial charge in [0.2, 0.25) is 5.76 Å². The first-order valence-corrected chi connectivity index (χ1v) is 11.6. The minimum atomic E-state index is -1.28. The average molecular weight is 510 g/mol. The second kappa shape index (κ2) is 12.9. The highest BCUT2D eigenvalue weighted by Gasteiger charge is 2.28. The lowest BCUT2D eigenvalue weighted by molar-refractivity contribution is -0.152. The first-order valence-electron chi connectivity index (χ1n) is 11.6. The van der Waals surface area contributed by atoms with Crippen LogP contribution < -0.4 is 10.1 Å². The largest absolute Gasteiger partial charge is 0.493 e. The van der Waals surface area contributed by atoms with Crippen molar-refractivity contribution in [3.05, 3.63) is 77.6 Å². The molecule has 0 fully saturated rings. The molecule has 10 nitrogen and oxygen atoms in total. The maximum atomic E-state index is 13.1. The van der Waals surface area contributed by atoms with E-state index in [1.165, 1.54) is 24.3 Å². The van der Waals surface area contributed by atoms with Crippen LogP contribution in [-0.2, 0) is 25.7 Å². The summed E-state index contributed by atoms with van der Waals surface area (Å²) in [5.41, 5.74) is 1.36. The molecule has 2 N–H and O–H groups in total. The number of carbonyl (C=O) groups excluding carboxylic acids is 3. The molecule has 0 aliphatic heterocycles. The number of ether oxygens (including phenoxy) is 3. The van der Waals surface area contributed by atoms with Crippen LogP contribution in [0.1, 0.15) is 46.7 Å². The number of hydrogen-bond donors (Lipinski definition) is 2. The van der Waals surface area contributed by atoms with E-state index in [-0.39, 0.29) is 42.7 Å². The number of carboxylic acids is 1. The fourth-order valence-corrected chi connectivity index (χ4v) is 3.38. The molecule has 1 aromatic heterocycles. The Morgan fingerprint density at radius 1 is 0.946 bits per heavy atom. The molecular weight excluding hydrogens is 482 g/mol. The van der Waals surface area contributed by atoms with Crippen molar-refractivity contribution in [3.8, 4) is 17.1 Å². The third-order valence-electron chi connectivity index (χ3n) is 5.12. The highest BCUT2D eigenvalue weighted by atomic mass is 16.5. The number of carboxylic acid groups (broad SMARTS) is 1. The number of amides is 1. The number of carbonyl (C=O) groups is 4. The van der Waals surface area contributed by atoms with Gasteiger partial charge >= 0.3 is 17.9 Å². The summed E-state index contributed by atoms with van der Waals surface area (Å²) in [7, 11) is 0. The van der Waals surface area contributed by atoms with Crippen molar-refractivity contribution in [3.63, 3.8) is 0 Å². The second-order valence-corrected chi connectivity index (χ2v) is 7.74. The van der Waals surface area contributed by atoms with Gasteiger partial charge in [-0.2, -0.15) is 0 Å². The molecule has 0 radical (unpaired) electrons. The van der Waals surface area contributed by atoms with Gasteiger partial charge in [0.25, 0.3) is 5.91 Å². The molecule has 0 saturated carbocycles. The molecule has 0 bridgehead atoms. The van der Waals surface area contributed by atoms with Gasteiger partial charge in [0.1, 0.15) is 24.2 Å². The molecule has 10 heteroatoms. The molecule has 3 rings (SSSR count). The number of hydrogen-bond acceptors (Lipinski definition) is 8. The highest BCUT2D eigenvalue weighted by molar-refractivity contribution is 6.00. The number of rotatable bonds is 12. The van der Waals surface area contributed by atoms with Crippen LogP contribution in [0.5, 0.6) is 5.75 Å². The molecule has 194 valence electrons. The smallest absolute Gasteiger partial charge is 0.371 e. The maximum absolute atomic E-state index is 13.1. The van der Waals surface area contributed by atoms with E-state index >= 15 is 0 Å². The quantitative estimate of drug-likeness (QED) is 0.348. The van der Waals surface area contributed by atoms with Crippen LogP contribution in [-0.4, -0.2) is 48.2 Å². The van der Waals surface area contributed by atoms with E-state index in [4.69, 9.17) is 23.7 Å². The lowest BCUT2D eigenvalue weighted by Gasteiger charge is -2.18. The number of furan rings is 1. The Kier molecular flexibility index (Phi) is 9.42. The van der Waals surface area contributed by atoms with Crippen LogP contribution in [0.2, 0.25) is 0 Å². The van der Waals surface area contributed by atoms with Crippen LogP contribution >= 0.6 is 0 Å². The number of aromatic carboxylic acids is 1. The lowest BCUT2D eigenvalue weighted by Crippen LogP contribution is -2.43. The molecule has 0 aliphatic carbocycles. The van der Waals surface area contributed by atoms with E-state index in [1.54, 1.807) is 32.0 Å². The zero-order chi connectivity index (χ0) is 26.8. The molecule has 0 unspecified atom stereocenters. The van der Waals surface area contributed by atoms with Gasteiger partial charge < -0.3 is 29.1 Å². The lowest BCUT2D eigenvalue weighted by atomic mass is 10.1. The van der Waals surface area contributed by atoms with Gasteiger partial charge in [-0.05, 0) is 43.7 Å². The van der Waals surface area contributed by atoms with Crippen LogP contribution in [0.15, 0.2) is 65.1 Å². The fraction of sp³-hybridized carbons (Fsp3) is 0.259. The van der Waals surface area contributed by atoms with E-state index in [0.29, 0.717) is 5.56 Å². The Bertz CT molecular complexity index is 1250. The zero-order valence-electron chi connectivity index (χ0n) is 20.4. The summed E-state index contributed by atoms with van der Waals surface area (Å²) in [6.45, 7) is 3.66. The number of benzene rings is 2. The first-order chi connectivity index (χ1) is 17.8. The Morgan fingerprint density at radius 3 is 2.35 bits per heavy atom. The van der Waals surface area contributed by atoms with E-state index in [9.17, 15) is 19.2 Å².